The Bertz CT molecular complexity index is 1360. The minimum atomic E-state index is -0.239. The molecule has 1 fully saturated rings. The fourth-order valence-electron chi connectivity index (χ4n) is 4.63. The van der Waals surface area contributed by atoms with Gasteiger partial charge < -0.3 is 15.5 Å². The van der Waals surface area contributed by atoms with E-state index < -0.39 is 0 Å². The first kappa shape index (κ1) is 22.2. The molecular formula is C26H30N6O2. The van der Waals surface area contributed by atoms with E-state index in [1.807, 2.05) is 18.2 Å². The van der Waals surface area contributed by atoms with E-state index in [9.17, 15) is 4.79 Å². The number of nitrogen functional groups attached to an aromatic ring is 1. The van der Waals surface area contributed by atoms with Crippen molar-refractivity contribution in [2.24, 2.45) is 0 Å². The van der Waals surface area contributed by atoms with Crippen molar-refractivity contribution in [3.63, 3.8) is 0 Å². The summed E-state index contributed by atoms with van der Waals surface area (Å²) in [6, 6.07) is 17.8. The highest BCUT2D eigenvalue weighted by Gasteiger charge is 2.18. The van der Waals surface area contributed by atoms with Gasteiger partial charge in [-0.1, -0.05) is 24.3 Å². The van der Waals surface area contributed by atoms with Gasteiger partial charge in [0.1, 0.15) is 22.9 Å². The molecule has 0 aliphatic carbocycles. The lowest BCUT2D eigenvalue weighted by Gasteiger charge is -2.35. The van der Waals surface area contributed by atoms with Crippen LogP contribution < -0.4 is 21.0 Å². The molecule has 0 atom stereocenters. The van der Waals surface area contributed by atoms with E-state index in [1.165, 1.54) is 10.1 Å². The van der Waals surface area contributed by atoms with E-state index in [0.717, 1.165) is 56.9 Å². The first-order valence-electron chi connectivity index (χ1n) is 11.8. The highest BCUT2D eigenvalue weighted by atomic mass is 16.5. The number of unbranched alkanes of at least 4 members (excludes halogenated alkanes) is 1. The number of piperazine rings is 1. The molecule has 1 aliphatic heterocycles. The largest absolute Gasteiger partial charge is 0.494 e. The number of methoxy groups -OCH3 is 1. The van der Waals surface area contributed by atoms with Crippen LogP contribution in [0.3, 0.4) is 0 Å². The molecule has 3 heterocycles. The first-order chi connectivity index (χ1) is 16.6. The van der Waals surface area contributed by atoms with Crippen LogP contribution in [0.2, 0.25) is 0 Å². The number of rotatable bonds is 7. The summed E-state index contributed by atoms with van der Waals surface area (Å²) in [4.78, 5) is 27.0. The smallest absolute Gasteiger partial charge is 0.279 e. The molecule has 0 unspecified atom stereocenters. The van der Waals surface area contributed by atoms with Crippen LogP contribution in [0.5, 0.6) is 5.75 Å². The number of para-hydroxylation sites is 2. The molecule has 1 saturated heterocycles. The van der Waals surface area contributed by atoms with Gasteiger partial charge >= 0.3 is 0 Å². The van der Waals surface area contributed by atoms with Crippen molar-refractivity contribution in [3.8, 4) is 5.75 Å². The molecular weight excluding hydrogens is 428 g/mol. The second-order valence-corrected chi connectivity index (χ2v) is 8.71. The lowest BCUT2D eigenvalue weighted by Crippen LogP contribution is -2.46. The molecule has 0 bridgehead atoms. The lowest BCUT2D eigenvalue weighted by molar-refractivity contribution is 0.252. The molecule has 2 N–H and O–H groups in total. The minimum absolute atomic E-state index is 0.239. The van der Waals surface area contributed by atoms with Crippen LogP contribution in [0.1, 0.15) is 18.7 Å². The summed E-state index contributed by atoms with van der Waals surface area (Å²) in [5, 5.41) is 1.65. The number of nitrogens with two attached hydrogens (primary N) is 1. The van der Waals surface area contributed by atoms with Gasteiger partial charge in [-0.25, -0.2) is 14.6 Å². The summed E-state index contributed by atoms with van der Waals surface area (Å²) < 4.78 is 6.56. The van der Waals surface area contributed by atoms with E-state index in [-0.39, 0.29) is 5.56 Å². The maximum absolute atomic E-state index is 12.6. The third kappa shape index (κ3) is 4.41. The monoisotopic (exact) mass is 458 g/mol. The molecule has 0 spiro atoms. The third-order valence-electron chi connectivity index (χ3n) is 6.59. The number of aromatic nitrogens is 3. The van der Waals surface area contributed by atoms with Crippen LogP contribution >= 0.6 is 0 Å². The van der Waals surface area contributed by atoms with Crippen LogP contribution in [0.15, 0.2) is 59.4 Å². The normalized spacial score (nSPS) is 14.7. The number of anilines is 1. The topological polar surface area (TPSA) is 89.5 Å². The molecule has 8 nitrogen and oxygen atoms in total. The summed E-state index contributed by atoms with van der Waals surface area (Å²) in [6.45, 7) is 4.99. The van der Waals surface area contributed by atoms with Crippen molar-refractivity contribution in [3.05, 3.63) is 70.8 Å². The number of benzene rings is 2. The Balaban J connectivity index is 1.14. The number of nitrogens with zero attached hydrogens (tertiary/aromatic N) is 5. The van der Waals surface area contributed by atoms with E-state index in [1.54, 1.807) is 19.2 Å². The number of pyridine rings is 1. The molecule has 176 valence electrons. The molecule has 4 aromatic rings. The standard InChI is InChI=1S/C26H30N6O2/c1-34-22-10-6-8-20-25(22)29-24(32(27)26(20)33)11-4-5-14-30-15-17-31(18-16-30)23-13-12-19-7-2-3-9-21(19)28-23/h2-3,6-10,12-13H,4-5,11,14-18,27H2,1H3. The quantitative estimate of drug-likeness (QED) is 0.336. The second-order valence-electron chi connectivity index (χ2n) is 8.71. The van der Waals surface area contributed by atoms with Gasteiger partial charge in [0.15, 0.2) is 0 Å². The summed E-state index contributed by atoms with van der Waals surface area (Å²) in [6.07, 6.45) is 2.59. The SMILES string of the molecule is COc1cccc2c(=O)n(N)c(CCCCN3CCN(c4ccc5ccccc5n4)CC3)nc12. The molecule has 2 aromatic heterocycles. The van der Waals surface area contributed by atoms with Crippen molar-refractivity contribution < 1.29 is 4.74 Å². The zero-order chi connectivity index (χ0) is 23.5. The summed E-state index contributed by atoms with van der Waals surface area (Å²) in [7, 11) is 1.58. The predicted molar refractivity (Wildman–Crippen MR) is 136 cm³/mol. The molecule has 0 radical (unpaired) electrons. The van der Waals surface area contributed by atoms with Crippen molar-refractivity contribution in [1.82, 2.24) is 19.5 Å². The van der Waals surface area contributed by atoms with Gasteiger partial charge in [-0.2, -0.15) is 0 Å². The molecule has 0 saturated carbocycles. The van der Waals surface area contributed by atoms with Crippen LogP contribution in [0, 0.1) is 0 Å². The molecule has 5 rings (SSSR count). The van der Waals surface area contributed by atoms with Gasteiger partial charge in [-0.3, -0.25) is 9.69 Å². The van der Waals surface area contributed by atoms with Gasteiger partial charge in [0, 0.05) is 38.0 Å². The van der Waals surface area contributed by atoms with Crippen molar-refractivity contribution in [2.75, 3.05) is 50.6 Å². The van der Waals surface area contributed by atoms with Crippen LogP contribution in [0.4, 0.5) is 5.82 Å². The number of ether oxygens (including phenoxy) is 1. The van der Waals surface area contributed by atoms with E-state index in [4.69, 9.17) is 15.6 Å². The van der Waals surface area contributed by atoms with Crippen molar-refractivity contribution >= 4 is 27.6 Å². The predicted octanol–water partition coefficient (Wildman–Crippen LogP) is 2.81. The fourth-order valence-corrected chi connectivity index (χ4v) is 4.63. The van der Waals surface area contributed by atoms with Crippen LogP contribution in [-0.2, 0) is 6.42 Å². The first-order valence-corrected chi connectivity index (χ1v) is 11.8. The molecule has 34 heavy (non-hydrogen) atoms. The Hall–Kier alpha value is -3.65. The molecule has 2 aromatic carbocycles. The Morgan fingerprint density at radius 3 is 2.59 bits per heavy atom. The summed E-state index contributed by atoms with van der Waals surface area (Å²) in [5.74, 6) is 8.29. The Morgan fingerprint density at radius 2 is 1.76 bits per heavy atom. The zero-order valence-corrected chi connectivity index (χ0v) is 19.5. The van der Waals surface area contributed by atoms with Gasteiger partial charge in [-0.15, -0.1) is 0 Å². The van der Waals surface area contributed by atoms with E-state index in [0.29, 0.717) is 28.9 Å². The van der Waals surface area contributed by atoms with Gasteiger partial charge in [0.2, 0.25) is 0 Å². The fraction of sp³-hybridized carbons (Fsp3) is 0.346. The van der Waals surface area contributed by atoms with Crippen LogP contribution in [-0.4, -0.2) is 59.4 Å². The van der Waals surface area contributed by atoms with E-state index >= 15 is 0 Å². The lowest BCUT2D eigenvalue weighted by atomic mass is 10.2. The Kier molecular flexibility index (Phi) is 6.31. The number of fused-ring (bicyclic) bond motifs is 2. The Labute approximate surface area is 198 Å². The minimum Gasteiger partial charge on any atom is -0.494 e. The van der Waals surface area contributed by atoms with Gasteiger partial charge in [0.25, 0.3) is 5.56 Å². The maximum Gasteiger partial charge on any atom is 0.279 e. The number of hydrogen-bond donors (Lipinski definition) is 1. The van der Waals surface area contributed by atoms with Gasteiger partial charge in [-0.05, 0) is 49.7 Å². The molecule has 0 amide bonds. The highest BCUT2D eigenvalue weighted by molar-refractivity contribution is 5.83. The van der Waals surface area contributed by atoms with Crippen molar-refractivity contribution in [2.45, 2.75) is 19.3 Å². The highest BCUT2D eigenvalue weighted by Crippen LogP contribution is 2.22. The van der Waals surface area contributed by atoms with Crippen molar-refractivity contribution in [1.29, 1.82) is 0 Å². The van der Waals surface area contributed by atoms with Crippen LogP contribution in [0.25, 0.3) is 21.8 Å². The molecule has 1 aliphatic rings. The van der Waals surface area contributed by atoms with E-state index in [2.05, 4.69) is 39.0 Å². The third-order valence-corrected chi connectivity index (χ3v) is 6.59. The molecule has 8 heteroatoms. The Morgan fingerprint density at radius 1 is 0.941 bits per heavy atom. The number of aryl methyl sites for hydroxylation is 1. The van der Waals surface area contributed by atoms with Gasteiger partial charge in [0.05, 0.1) is 18.0 Å². The zero-order valence-electron chi connectivity index (χ0n) is 19.5. The maximum atomic E-state index is 12.6. The average molecular weight is 459 g/mol. The summed E-state index contributed by atoms with van der Waals surface area (Å²) >= 11 is 0. The summed E-state index contributed by atoms with van der Waals surface area (Å²) in [5.41, 5.74) is 1.38. The number of hydrogen-bond acceptors (Lipinski definition) is 7. The average Bonchev–Trinajstić information content (AvgIpc) is 2.89. The second kappa shape index (κ2) is 9.69.